The van der Waals surface area contributed by atoms with Gasteiger partial charge in [-0.15, -0.1) is 11.8 Å². The lowest BCUT2D eigenvalue weighted by Gasteiger charge is -2.34. The summed E-state index contributed by atoms with van der Waals surface area (Å²) in [5.74, 6) is -0.243. The van der Waals surface area contributed by atoms with Gasteiger partial charge in [0.15, 0.2) is 0 Å². The molecule has 0 saturated carbocycles. The maximum absolute atomic E-state index is 11.8. The van der Waals surface area contributed by atoms with Gasteiger partial charge in [-0.3, -0.25) is 0 Å². The van der Waals surface area contributed by atoms with Crippen molar-refractivity contribution in [3.8, 4) is 0 Å². The van der Waals surface area contributed by atoms with Gasteiger partial charge >= 0.3 is 12.1 Å². The number of carbonyl (C=O) groups excluding carboxylic acids is 2. The summed E-state index contributed by atoms with van der Waals surface area (Å²) in [4.78, 5) is 25.9. The molecule has 0 radical (unpaired) electrons. The van der Waals surface area contributed by atoms with Gasteiger partial charge in [-0.25, -0.2) is 9.59 Å². The van der Waals surface area contributed by atoms with Crippen molar-refractivity contribution in [2.75, 3.05) is 19.8 Å². The zero-order valence-corrected chi connectivity index (χ0v) is 14.5. The number of allylic oxidation sites excluding steroid dienone is 1. The van der Waals surface area contributed by atoms with Gasteiger partial charge in [0.25, 0.3) is 0 Å². The van der Waals surface area contributed by atoms with Crippen LogP contribution in [0.15, 0.2) is 11.0 Å². The van der Waals surface area contributed by atoms with E-state index in [1.54, 1.807) is 16.7 Å². The van der Waals surface area contributed by atoms with Gasteiger partial charge in [0.1, 0.15) is 0 Å². The molecular weight excluding hydrogens is 318 g/mol. The number of carbonyl (C=O) groups is 2. The van der Waals surface area contributed by atoms with E-state index in [2.05, 4.69) is 0 Å². The molecule has 0 bridgehead atoms. The fourth-order valence-electron chi connectivity index (χ4n) is 2.72. The number of ether oxygens (including phenoxy) is 2. The van der Waals surface area contributed by atoms with E-state index in [4.69, 9.17) is 9.47 Å². The van der Waals surface area contributed by atoms with E-state index in [-0.39, 0.29) is 30.8 Å². The third-order valence-electron chi connectivity index (χ3n) is 3.89. The summed E-state index contributed by atoms with van der Waals surface area (Å²) in [6.07, 6.45) is 4.74. The molecular formula is C16H25NO5S. The second-order valence-corrected chi connectivity index (χ2v) is 7.42. The number of hydrogen-bond acceptors (Lipinski definition) is 6. The van der Waals surface area contributed by atoms with Crippen molar-refractivity contribution < 1.29 is 24.2 Å². The first-order valence-electron chi connectivity index (χ1n) is 8.13. The maximum atomic E-state index is 11.8. The zero-order chi connectivity index (χ0) is 16.8. The van der Waals surface area contributed by atoms with Crippen LogP contribution in [0.2, 0.25) is 0 Å². The predicted molar refractivity (Wildman–Crippen MR) is 88.1 cm³/mol. The van der Waals surface area contributed by atoms with Crippen LogP contribution in [0.25, 0.3) is 0 Å². The molecule has 0 spiro atoms. The van der Waals surface area contributed by atoms with Crippen LogP contribution in [-0.2, 0) is 14.3 Å². The van der Waals surface area contributed by atoms with Gasteiger partial charge in [0, 0.05) is 18.2 Å². The highest BCUT2D eigenvalue weighted by atomic mass is 32.2. The van der Waals surface area contributed by atoms with Crippen molar-refractivity contribution in [2.45, 2.75) is 56.9 Å². The second-order valence-electron chi connectivity index (χ2n) is 6.07. The molecule has 1 saturated heterocycles. The average molecular weight is 343 g/mol. The summed E-state index contributed by atoms with van der Waals surface area (Å²) in [5, 5.41) is 9.69. The quantitative estimate of drug-likeness (QED) is 0.715. The van der Waals surface area contributed by atoms with Crippen LogP contribution in [0, 0.1) is 0 Å². The Morgan fingerprint density at radius 2 is 2.35 bits per heavy atom. The number of esters is 1. The van der Waals surface area contributed by atoms with Gasteiger partial charge < -0.3 is 19.5 Å². The third kappa shape index (κ3) is 5.14. The minimum absolute atomic E-state index is 0.0278. The monoisotopic (exact) mass is 343 g/mol. The summed E-state index contributed by atoms with van der Waals surface area (Å²) < 4.78 is 10.2. The molecule has 2 aliphatic heterocycles. The van der Waals surface area contributed by atoms with Gasteiger partial charge in [-0.1, -0.05) is 6.08 Å². The van der Waals surface area contributed by atoms with Crippen LogP contribution in [0.1, 0.15) is 39.5 Å². The molecule has 2 heterocycles. The Balaban J connectivity index is 1.71. The fraction of sp³-hybridized carbons (Fsp3) is 0.750. The van der Waals surface area contributed by atoms with Crippen molar-refractivity contribution >= 4 is 23.8 Å². The number of aliphatic hydroxyl groups is 1. The maximum Gasteiger partial charge on any atom is 0.410 e. The molecule has 0 aromatic rings. The van der Waals surface area contributed by atoms with Gasteiger partial charge in [-0.2, -0.15) is 0 Å². The van der Waals surface area contributed by atoms with Crippen molar-refractivity contribution in [2.24, 2.45) is 0 Å². The van der Waals surface area contributed by atoms with Crippen LogP contribution in [-0.4, -0.2) is 59.2 Å². The molecule has 1 N–H and O–H groups in total. The summed E-state index contributed by atoms with van der Waals surface area (Å²) in [6.45, 7) is 4.60. The highest BCUT2D eigenvalue weighted by Gasteiger charge is 2.29. The topological polar surface area (TPSA) is 76.1 Å². The largest absolute Gasteiger partial charge is 0.459 e. The van der Waals surface area contributed by atoms with Crippen molar-refractivity contribution in [3.63, 3.8) is 0 Å². The normalized spacial score (nSPS) is 24.6. The molecule has 1 fully saturated rings. The minimum atomic E-state index is -0.339. The van der Waals surface area contributed by atoms with Crippen molar-refractivity contribution in [1.82, 2.24) is 4.90 Å². The number of hydrogen-bond donors (Lipinski definition) is 1. The molecule has 130 valence electrons. The minimum Gasteiger partial charge on any atom is -0.459 e. The van der Waals surface area contributed by atoms with Crippen LogP contribution in [0.3, 0.4) is 0 Å². The molecule has 2 rings (SSSR count). The van der Waals surface area contributed by atoms with Crippen molar-refractivity contribution in [1.29, 1.82) is 0 Å². The van der Waals surface area contributed by atoms with Crippen LogP contribution in [0.4, 0.5) is 4.79 Å². The number of cyclic esters (lactones) is 1. The predicted octanol–water partition coefficient (Wildman–Crippen LogP) is 2.31. The first kappa shape index (κ1) is 18.1. The van der Waals surface area contributed by atoms with Gasteiger partial charge in [0.2, 0.25) is 0 Å². The van der Waals surface area contributed by atoms with E-state index in [0.29, 0.717) is 29.7 Å². The van der Waals surface area contributed by atoms with E-state index in [0.717, 1.165) is 19.3 Å². The van der Waals surface area contributed by atoms with Gasteiger partial charge in [0.05, 0.1) is 30.3 Å². The lowest BCUT2D eigenvalue weighted by atomic mass is 10.1. The summed E-state index contributed by atoms with van der Waals surface area (Å²) in [7, 11) is 0. The molecule has 0 aliphatic carbocycles. The Bertz CT molecular complexity index is 465. The van der Waals surface area contributed by atoms with E-state index in [1.807, 2.05) is 19.9 Å². The second kappa shape index (κ2) is 8.59. The summed E-state index contributed by atoms with van der Waals surface area (Å²) in [6, 6.07) is -0.137. The van der Waals surface area contributed by atoms with E-state index in [9.17, 15) is 14.7 Å². The number of aliphatic hydroxyl groups excluding tert-OH is 1. The van der Waals surface area contributed by atoms with Crippen LogP contribution in [0.5, 0.6) is 0 Å². The highest BCUT2D eigenvalue weighted by Crippen LogP contribution is 2.36. The Labute approximate surface area is 141 Å². The molecule has 2 aliphatic rings. The molecule has 6 nitrogen and oxygen atoms in total. The lowest BCUT2D eigenvalue weighted by Crippen LogP contribution is -2.47. The Kier molecular flexibility index (Phi) is 6.77. The molecule has 1 amide bonds. The Morgan fingerprint density at radius 3 is 3.04 bits per heavy atom. The van der Waals surface area contributed by atoms with Crippen LogP contribution >= 0.6 is 11.8 Å². The zero-order valence-electron chi connectivity index (χ0n) is 13.7. The first-order chi connectivity index (χ1) is 11.0. The van der Waals surface area contributed by atoms with E-state index >= 15 is 0 Å². The molecule has 0 aromatic carbocycles. The first-order valence-corrected chi connectivity index (χ1v) is 9.01. The van der Waals surface area contributed by atoms with Crippen molar-refractivity contribution in [3.05, 3.63) is 11.0 Å². The highest BCUT2D eigenvalue weighted by molar-refractivity contribution is 8.04. The molecule has 2 atom stereocenters. The molecule has 7 heteroatoms. The SMILES string of the molecule is CC(C)OC(=O)C1=CC[C@@H](CCCN2C(=O)OCC[C@@H]2CO)S1. The summed E-state index contributed by atoms with van der Waals surface area (Å²) in [5.41, 5.74) is 0. The molecule has 0 unspecified atom stereocenters. The molecule has 0 aromatic heterocycles. The number of rotatable bonds is 7. The fourth-order valence-corrected chi connectivity index (χ4v) is 3.89. The van der Waals surface area contributed by atoms with Gasteiger partial charge in [-0.05, 0) is 33.1 Å². The Hall–Kier alpha value is -1.21. The molecule has 23 heavy (non-hydrogen) atoms. The average Bonchev–Trinajstić information content (AvgIpc) is 2.97. The third-order valence-corrected chi connectivity index (χ3v) is 5.24. The summed E-state index contributed by atoms with van der Waals surface area (Å²) >= 11 is 1.56. The number of amides is 1. The number of thioether (sulfide) groups is 1. The number of nitrogens with zero attached hydrogens (tertiary/aromatic N) is 1. The Morgan fingerprint density at radius 1 is 1.57 bits per heavy atom. The van der Waals surface area contributed by atoms with E-state index < -0.39 is 0 Å². The standard InChI is InChI=1S/C16H25NO5S/c1-11(2)22-15(19)14-6-5-13(23-14)4-3-8-17-12(10-18)7-9-21-16(17)20/h6,11-13,18H,3-5,7-10H2,1-2H3/t12-,13-/m1/s1. The van der Waals surface area contributed by atoms with E-state index in [1.165, 1.54) is 0 Å². The smallest absolute Gasteiger partial charge is 0.410 e. The van der Waals surface area contributed by atoms with Crippen LogP contribution < -0.4 is 0 Å². The lowest BCUT2D eigenvalue weighted by molar-refractivity contribution is -0.141.